The summed E-state index contributed by atoms with van der Waals surface area (Å²) in [4.78, 5) is 28.0. The van der Waals surface area contributed by atoms with E-state index in [-0.39, 0.29) is 24.4 Å². The van der Waals surface area contributed by atoms with Gasteiger partial charge in [-0.15, -0.1) is 0 Å². The van der Waals surface area contributed by atoms with E-state index in [4.69, 9.17) is 0 Å². The van der Waals surface area contributed by atoms with E-state index in [1.54, 1.807) is 13.8 Å². The highest BCUT2D eigenvalue weighted by Gasteiger charge is 2.14. The Bertz CT molecular complexity index is 1090. The van der Waals surface area contributed by atoms with Crippen molar-refractivity contribution in [3.63, 3.8) is 0 Å². The number of nitrogens with one attached hydrogen (secondary N) is 2. The topological polar surface area (TPSA) is 88.5 Å². The van der Waals surface area contributed by atoms with E-state index in [1.165, 1.54) is 16.6 Å². The van der Waals surface area contributed by atoms with Crippen LogP contribution in [0.15, 0.2) is 29.1 Å². The molecule has 28 heavy (non-hydrogen) atoms. The van der Waals surface area contributed by atoms with Crippen molar-refractivity contribution in [1.82, 2.24) is 19.9 Å². The molecule has 0 fully saturated rings. The van der Waals surface area contributed by atoms with Crippen LogP contribution in [0.2, 0.25) is 0 Å². The first-order valence-electron chi connectivity index (χ1n) is 8.32. The molecule has 2 N–H and O–H groups in total. The number of rotatable bonds is 6. The molecule has 0 aliphatic rings. The van der Waals surface area contributed by atoms with Gasteiger partial charge < -0.3 is 10.1 Å². The number of halogens is 3. The lowest BCUT2D eigenvalue weighted by Crippen LogP contribution is -2.26. The lowest BCUT2D eigenvalue weighted by Gasteiger charge is -2.13. The van der Waals surface area contributed by atoms with Crippen LogP contribution in [-0.2, 0) is 17.8 Å². The number of fused-ring (bicyclic) bond motifs is 1. The first-order chi connectivity index (χ1) is 13.2. The summed E-state index contributed by atoms with van der Waals surface area (Å²) in [5.41, 5.74) is 2.64. The minimum Gasteiger partial charge on any atom is -0.432 e. The molecule has 148 valence electrons. The molecule has 3 rings (SSSR count). The number of carbonyl (C=O) groups is 1. The molecule has 0 bridgehead atoms. The van der Waals surface area contributed by atoms with Crippen molar-refractivity contribution in [3.8, 4) is 5.75 Å². The molecule has 1 amide bonds. The molecule has 3 aromatic rings. The van der Waals surface area contributed by atoms with Crippen LogP contribution in [0.4, 0.5) is 13.2 Å². The Kier molecular flexibility index (Phi) is 5.39. The number of hydrogen-bond acceptors (Lipinski definition) is 4. The van der Waals surface area contributed by atoms with Crippen LogP contribution in [0.5, 0.6) is 5.75 Å². The molecule has 0 radical (unpaired) electrons. The van der Waals surface area contributed by atoms with Crippen molar-refractivity contribution in [1.29, 1.82) is 0 Å². The van der Waals surface area contributed by atoms with Gasteiger partial charge in [-0.3, -0.25) is 14.7 Å². The summed E-state index contributed by atoms with van der Waals surface area (Å²) in [5.74, 6) is -1.93. The summed E-state index contributed by atoms with van der Waals surface area (Å²) in [5, 5.41) is 5.33. The summed E-state index contributed by atoms with van der Waals surface area (Å²) < 4.78 is 43.6. The maximum Gasteiger partial charge on any atom is 0.387 e. The quantitative estimate of drug-likeness (QED) is 0.671. The molecular formula is C18H17F3N4O3. The molecule has 0 saturated heterocycles. The third kappa shape index (κ3) is 4.16. The van der Waals surface area contributed by atoms with E-state index in [9.17, 15) is 22.8 Å². The van der Waals surface area contributed by atoms with Crippen LogP contribution in [0.25, 0.3) is 5.65 Å². The standard InChI is InChI=1S/C18H17F3N4O3/c1-9-12(10(2)25-15(23-9)7-17(27)24-25)8-22-16(26)6-11-3-4-14(13(19)5-11)28-18(20)21/h3-5,7,18H,6,8H2,1-2H3,(H,22,26)(H,24,27). The minimum atomic E-state index is -3.13. The van der Waals surface area contributed by atoms with Crippen molar-refractivity contribution in [2.45, 2.75) is 33.4 Å². The highest BCUT2D eigenvalue weighted by molar-refractivity contribution is 5.78. The van der Waals surface area contributed by atoms with Gasteiger partial charge in [-0.25, -0.2) is 13.9 Å². The molecule has 0 aliphatic carbocycles. The van der Waals surface area contributed by atoms with E-state index >= 15 is 0 Å². The fourth-order valence-electron chi connectivity index (χ4n) is 2.89. The molecule has 7 nitrogen and oxygen atoms in total. The predicted octanol–water partition coefficient (Wildman–Crippen LogP) is 2.24. The predicted molar refractivity (Wildman–Crippen MR) is 93.9 cm³/mol. The van der Waals surface area contributed by atoms with Crippen molar-refractivity contribution in [3.05, 3.63) is 63.0 Å². The maximum atomic E-state index is 13.7. The second-order valence-electron chi connectivity index (χ2n) is 6.17. The number of aryl methyl sites for hydroxylation is 2. The SMILES string of the molecule is Cc1nc2cc(=O)[nH]n2c(C)c1CNC(=O)Cc1ccc(OC(F)F)c(F)c1. The van der Waals surface area contributed by atoms with Gasteiger partial charge in [0, 0.05) is 29.6 Å². The number of ether oxygens (including phenoxy) is 1. The Morgan fingerprint density at radius 2 is 2.07 bits per heavy atom. The van der Waals surface area contributed by atoms with Gasteiger partial charge in [-0.05, 0) is 31.5 Å². The number of nitrogens with zero attached hydrogens (tertiary/aromatic N) is 2. The van der Waals surface area contributed by atoms with Crippen LogP contribution in [0, 0.1) is 19.7 Å². The highest BCUT2D eigenvalue weighted by Crippen LogP contribution is 2.20. The van der Waals surface area contributed by atoms with Crippen LogP contribution in [0.3, 0.4) is 0 Å². The number of H-pyrrole nitrogens is 1. The van der Waals surface area contributed by atoms with Crippen LogP contribution in [-0.4, -0.2) is 27.1 Å². The molecule has 10 heteroatoms. The van der Waals surface area contributed by atoms with Crippen LogP contribution in [0.1, 0.15) is 22.5 Å². The van der Waals surface area contributed by atoms with Crippen LogP contribution >= 0.6 is 0 Å². The van der Waals surface area contributed by atoms with Gasteiger partial charge in [-0.2, -0.15) is 8.78 Å². The summed E-state index contributed by atoms with van der Waals surface area (Å²) in [6.07, 6.45) is -0.139. The number of alkyl halides is 2. The molecule has 1 aromatic carbocycles. The third-order valence-electron chi connectivity index (χ3n) is 4.24. The molecule has 0 spiro atoms. The van der Waals surface area contributed by atoms with E-state index in [1.807, 2.05) is 0 Å². The number of hydrogen-bond donors (Lipinski definition) is 2. The smallest absolute Gasteiger partial charge is 0.387 e. The van der Waals surface area contributed by atoms with E-state index < -0.39 is 18.2 Å². The highest BCUT2D eigenvalue weighted by atomic mass is 19.3. The van der Waals surface area contributed by atoms with Gasteiger partial charge in [0.25, 0.3) is 5.56 Å². The van der Waals surface area contributed by atoms with Crippen molar-refractivity contribution < 1.29 is 22.7 Å². The van der Waals surface area contributed by atoms with Gasteiger partial charge in [-0.1, -0.05) is 6.07 Å². The third-order valence-corrected chi connectivity index (χ3v) is 4.24. The summed E-state index contributed by atoms with van der Waals surface area (Å²) in [6, 6.07) is 4.75. The molecule has 2 heterocycles. The van der Waals surface area contributed by atoms with Gasteiger partial charge >= 0.3 is 6.61 Å². The molecule has 0 saturated carbocycles. The maximum absolute atomic E-state index is 13.7. The molecule has 0 aliphatic heterocycles. The number of benzene rings is 1. The Labute approximate surface area is 157 Å². The van der Waals surface area contributed by atoms with E-state index in [2.05, 4.69) is 20.1 Å². The molecular weight excluding hydrogens is 377 g/mol. The Balaban J connectivity index is 1.68. The zero-order valence-corrected chi connectivity index (χ0v) is 15.1. The fourth-order valence-corrected chi connectivity index (χ4v) is 2.89. The van der Waals surface area contributed by atoms with Crippen molar-refractivity contribution in [2.75, 3.05) is 0 Å². The summed E-state index contributed by atoms with van der Waals surface area (Å²) >= 11 is 0. The Hall–Kier alpha value is -3.30. The van der Waals surface area contributed by atoms with Gasteiger partial charge in [0.05, 0.1) is 6.42 Å². The fraction of sp³-hybridized carbons (Fsp3) is 0.278. The second kappa shape index (κ2) is 7.75. The van der Waals surface area contributed by atoms with E-state index in [0.29, 0.717) is 16.9 Å². The molecule has 2 aromatic heterocycles. The minimum absolute atomic E-state index is 0.139. The first-order valence-corrected chi connectivity index (χ1v) is 8.32. The second-order valence-corrected chi connectivity index (χ2v) is 6.17. The summed E-state index contributed by atoms with van der Waals surface area (Å²) in [6.45, 7) is 0.588. The van der Waals surface area contributed by atoms with Crippen molar-refractivity contribution in [2.24, 2.45) is 0 Å². The number of aromatic amines is 1. The monoisotopic (exact) mass is 394 g/mol. The van der Waals surface area contributed by atoms with Crippen molar-refractivity contribution >= 4 is 11.6 Å². The largest absolute Gasteiger partial charge is 0.432 e. The van der Waals surface area contributed by atoms with Crippen LogP contribution < -0.4 is 15.6 Å². The number of carbonyl (C=O) groups excluding carboxylic acids is 1. The van der Waals surface area contributed by atoms with Gasteiger partial charge in [0.2, 0.25) is 5.91 Å². The lowest BCUT2D eigenvalue weighted by atomic mass is 10.1. The lowest BCUT2D eigenvalue weighted by molar-refractivity contribution is -0.120. The first kappa shape index (κ1) is 19.5. The average molecular weight is 394 g/mol. The molecule has 0 unspecified atom stereocenters. The summed E-state index contributed by atoms with van der Waals surface area (Å²) in [7, 11) is 0. The van der Waals surface area contributed by atoms with Gasteiger partial charge in [0.1, 0.15) is 0 Å². The normalized spacial score (nSPS) is 11.2. The Morgan fingerprint density at radius 1 is 1.32 bits per heavy atom. The van der Waals surface area contributed by atoms with Gasteiger partial charge in [0.15, 0.2) is 17.2 Å². The zero-order valence-electron chi connectivity index (χ0n) is 15.1. The Morgan fingerprint density at radius 3 is 2.75 bits per heavy atom. The number of aromatic nitrogens is 3. The van der Waals surface area contributed by atoms with E-state index in [0.717, 1.165) is 23.4 Å². The zero-order chi connectivity index (χ0) is 20.4. The molecule has 0 atom stereocenters. The average Bonchev–Trinajstić information content (AvgIpc) is 2.97. The number of amides is 1.